The van der Waals surface area contributed by atoms with Crippen LogP contribution >= 0.6 is 0 Å². The van der Waals surface area contributed by atoms with Gasteiger partial charge in [0.15, 0.2) is 11.5 Å². The maximum atomic E-state index is 5.78. The van der Waals surface area contributed by atoms with Gasteiger partial charge in [-0.1, -0.05) is 48.5 Å². The van der Waals surface area contributed by atoms with Gasteiger partial charge in [-0.25, -0.2) is 0 Å². The second kappa shape index (κ2) is 8.18. The molecule has 7 rings (SSSR count). The van der Waals surface area contributed by atoms with E-state index in [4.69, 9.17) is 9.47 Å². The van der Waals surface area contributed by atoms with E-state index >= 15 is 0 Å². The predicted molar refractivity (Wildman–Crippen MR) is 128 cm³/mol. The molecule has 0 aliphatic carbocycles. The van der Waals surface area contributed by atoms with Gasteiger partial charge in [0.1, 0.15) is 0 Å². The number of fused-ring (bicyclic) bond motifs is 4. The number of ether oxygens (including phenoxy) is 2. The molecule has 0 N–H and O–H groups in total. The number of para-hydroxylation sites is 1. The summed E-state index contributed by atoms with van der Waals surface area (Å²) >= 11 is 0. The number of piperidine rings is 3. The first kappa shape index (κ1) is 19.7. The van der Waals surface area contributed by atoms with Gasteiger partial charge < -0.3 is 14.4 Å². The average Bonchev–Trinajstić information content (AvgIpc) is 3.35. The maximum absolute atomic E-state index is 5.78. The summed E-state index contributed by atoms with van der Waals surface area (Å²) in [7, 11) is 2.11. The lowest BCUT2D eigenvalue weighted by molar-refractivity contribution is 0.0411. The number of benzene rings is 3. The Kier molecular flexibility index (Phi) is 5.03. The van der Waals surface area contributed by atoms with E-state index in [-0.39, 0.29) is 6.79 Å². The van der Waals surface area contributed by atoms with Gasteiger partial charge in [0.05, 0.1) is 5.69 Å². The molecule has 3 aromatic carbocycles. The first-order chi connectivity index (χ1) is 15.8. The Morgan fingerprint density at radius 1 is 0.875 bits per heavy atom. The van der Waals surface area contributed by atoms with Gasteiger partial charge in [-0.2, -0.15) is 0 Å². The molecule has 0 aromatic heterocycles. The SMILES string of the molecule is CN(c1cccc(C(c2ccccc2)[C@@H]2CC3CCN2CC3)c1)c1cccc2c1OCO2. The second-order valence-corrected chi connectivity index (χ2v) is 9.34. The lowest BCUT2D eigenvalue weighted by Gasteiger charge is -2.49. The normalized spacial score (nSPS) is 24.3. The molecule has 32 heavy (non-hydrogen) atoms. The van der Waals surface area contributed by atoms with E-state index in [0.29, 0.717) is 12.0 Å². The highest BCUT2D eigenvalue weighted by Crippen LogP contribution is 2.45. The third kappa shape index (κ3) is 3.43. The number of hydrogen-bond donors (Lipinski definition) is 0. The van der Waals surface area contributed by atoms with Crippen molar-refractivity contribution in [3.63, 3.8) is 0 Å². The predicted octanol–water partition coefficient (Wildman–Crippen LogP) is 5.80. The Bertz CT molecular complexity index is 1090. The summed E-state index contributed by atoms with van der Waals surface area (Å²) in [6, 6.07) is 26.8. The highest BCUT2D eigenvalue weighted by Gasteiger charge is 2.39. The molecule has 4 nitrogen and oxygen atoms in total. The fourth-order valence-corrected chi connectivity index (χ4v) is 5.90. The Labute approximate surface area is 190 Å². The van der Waals surface area contributed by atoms with Crippen LogP contribution in [0.15, 0.2) is 72.8 Å². The molecule has 4 heterocycles. The molecule has 3 fully saturated rings. The van der Waals surface area contributed by atoms with E-state index in [1.54, 1.807) is 0 Å². The first-order valence-electron chi connectivity index (χ1n) is 11.8. The molecule has 2 atom stereocenters. The summed E-state index contributed by atoms with van der Waals surface area (Å²) in [5, 5.41) is 0. The highest BCUT2D eigenvalue weighted by molar-refractivity contribution is 5.73. The van der Waals surface area contributed by atoms with Crippen molar-refractivity contribution in [1.82, 2.24) is 4.90 Å². The third-order valence-electron chi connectivity index (χ3n) is 7.59. The van der Waals surface area contributed by atoms with Crippen molar-refractivity contribution in [1.29, 1.82) is 0 Å². The van der Waals surface area contributed by atoms with Crippen molar-refractivity contribution in [3.05, 3.63) is 83.9 Å². The van der Waals surface area contributed by atoms with Crippen molar-refractivity contribution in [2.45, 2.75) is 31.2 Å². The largest absolute Gasteiger partial charge is 0.454 e. The van der Waals surface area contributed by atoms with Crippen molar-refractivity contribution in [3.8, 4) is 11.5 Å². The number of hydrogen-bond acceptors (Lipinski definition) is 4. The van der Waals surface area contributed by atoms with Crippen molar-refractivity contribution in [2.75, 3.05) is 31.8 Å². The van der Waals surface area contributed by atoms with E-state index in [2.05, 4.69) is 77.5 Å². The third-order valence-corrected chi connectivity index (χ3v) is 7.59. The van der Waals surface area contributed by atoms with Crippen molar-refractivity contribution in [2.24, 2.45) is 5.92 Å². The monoisotopic (exact) mass is 426 g/mol. The van der Waals surface area contributed by atoms with Gasteiger partial charge in [0.2, 0.25) is 6.79 Å². The summed E-state index contributed by atoms with van der Waals surface area (Å²) < 4.78 is 11.4. The molecule has 0 amide bonds. The fraction of sp³-hybridized carbons (Fsp3) is 0.357. The molecule has 0 spiro atoms. The first-order valence-corrected chi connectivity index (χ1v) is 11.8. The Morgan fingerprint density at radius 3 is 2.44 bits per heavy atom. The standard InChI is InChI=1S/C28H30N2O2/c1-29(24-11-6-12-26-28(24)32-19-31-26)23-10-5-9-22(18-23)27(21-7-3-2-4-8-21)25-17-20-13-15-30(25)16-14-20/h2-12,18,20,25,27H,13-17,19H2,1H3/t25-,27?/m0/s1. The number of nitrogens with zero attached hydrogens (tertiary/aromatic N) is 2. The molecule has 4 heteroatoms. The van der Waals surface area contributed by atoms with E-state index in [1.165, 1.54) is 49.2 Å². The summed E-state index contributed by atoms with van der Waals surface area (Å²) in [5.74, 6) is 2.91. The van der Waals surface area contributed by atoms with Gasteiger partial charge in [0.25, 0.3) is 0 Å². The molecular weight excluding hydrogens is 396 g/mol. The zero-order valence-electron chi connectivity index (χ0n) is 18.6. The minimum atomic E-state index is 0.287. The molecule has 164 valence electrons. The highest BCUT2D eigenvalue weighted by atomic mass is 16.7. The molecule has 3 aromatic rings. The van der Waals surface area contributed by atoms with Gasteiger partial charge in [-0.3, -0.25) is 4.90 Å². The lowest BCUT2D eigenvalue weighted by atomic mass is 9.74. The van der Waals surface area contributed by atoms with Crippen LogP contribution in [0.3, 0.4) is 0 Å². The quantitative estimate of drug-likeness (QED) is 0.515. The molecule has 0 radical (unpaired) electrons. The van der Waals surface area contributed by atoms with Gasteiger partial charge in [-0.15, -0.1) is 0 Å². The zero-order valence-corrected chi connectivity index (χ0v) is 18.6. The summed E-state index contributed by atoms with van der Waals surface area (Å²) in [5.41, 5.74) is 5.02. The molecular formula is C28H30N2O2. The topological polar surface area (TPSA) is 24.9 Å². The van der Waals surface area contributed by atoms with E-state index in [1.807, 2.05) is 12.1 Å². The van der Waals surface area contributed by atoms with Crippen LogP contribution in [0.1, 0.15) is 36.3 Å². The summed E-state index contributed by atoms with van der Waals surface area (Å²) in [6.07, 6.45) is 4.03. The average molecular weight is 427 g/mol. The minimum Gasteiger partial charge on any atom is -0.454 e. The number of anilines is 2. The van der Waals surface area contributed by atoms with Crippen LogP contribution in [0.2, 0.25) is 0 Å². The smallest absolute Gasteiger partial charge is 0.231 e. The molecule has 4 aliphatic rings. The molecule has 0 saturated carbocycles. The Balaban J connectivity index is 1.39. The van der Waals surface area contributed by atoms with Gasteiger partial charge >= 0.3 is 0 Å². The van der Waals surface area contributed by atoms with Crippen LogP contribution in [0.4, 0.5) is 11.4 Å². The van der Waals surface area contributed by atoms with Gasteiger partial charge in [-0.05, 0) is 73.7 Å². The number of rotatable bonds is 5. The second-order valence-electron chi connectivity index (χ2n) is 9.34. The van der Waals surface area contributed by atoms with Crippen LogP contribution < -0.4 is 14.4 Å². The Morgan fingerprint density at radius 2 is 1.66 bits per heavy atom. The van der Waals surface area contributed by atoms with E-state index in [9.17, 15) is 0 Å². The molecule has 3 saturated heterocycles. The Hall–Kier alpha value is -2.98. The van der Waals surface area contributed by atoms with Crippen molar-refractivity contribution >= 4 is 11.4 Å². The lowest BCUT2D eigenvalue weighted by Crippen LogP contribution is -2.51. The zero-order chi connectivity index (χ0) is 21.5. The molecule has 1 unspecified atom stereocenters. The molecule has 4 aliphatic heterocycles. The van der Waals surface area contributed by atoms with Crippen molar-refractivity contribution < 1.29 is 9.47 Å². The van der Waals surface area contributed by atoms with Crippen LogP contribution in [-0.4, -0.2) is 37.9 Å². The summed E-state index contributed by atoms with van der Waals surface area (Å²) in [4.78, 5) is 4.95. The minimum absolute atomic E-state index is 0.287. The van der Waals surface area contributed by atoms with E-state index < -0.39 is 0 Å². The van der Waals surface area contributed by atoms with Gasteiger partial charge in [0, 0.05) is 24.7 Å². The maximum Gasteiger partial charge on any atom is 0.231 e. The summed E-state index contributed by atoms with van der Waals surface area (Å²) in [6.45, 7) is 2.77. The van der Waals surface area contributed by atoms with Crippen LogP contribution in [-0.2, 0) is 0 Å². The van der Waals surface area contributed by atoms with Crippen LogP contribution in [0.25, 0.3) is 0 Å². The fourth-order valence-electron chi connectivity index (χ4n) is 5.90. The van der Waals surface area contributed by atoms with Crippen LogP contribution in [0.5, 0.6) is 11.5 Å². The van der Waals surface area contributed by atoms with E-state index in [0.717, 1.165) is 23.1 Å². The van der Waals surface area contributed by atoms with Crippen LogP contribution in [0, 0.1) is 5.92 Å². The molecule has 2 bridgehead atoms.